The fourth-order valence-corrected chi connectivity index (χ4v) is 3.21. The van der Waals surface area contributed by atoms with Crippen molar-refractivity contribution in [1.29, 1.82) is 5.26 Å². The highest BCUT2D eigenvalue weighted by Crippen LogP contribution is 2.36. The van der Waals surface area contributed by atoms with Crippen molar-refractivity contribution >= 4 is 28.0 Å². The third-order valence-electron chi connectivity index (χ3n) is 3.15. The Kier molecular flexibility index (Phi) is 3.93. The quantitative estimate of drug-likeness (QED) is 0.806. The molecule has 7 heteroatoms. The van der Waals surface area contributed by atoms with Crippen LogP contribution in [0.25, 0.3) is 0 Å². The zero-order chi connectivity index (χ0) is 14.0. The second-order valence-electron chi connectivity index (χ2n) is 4.54. The van der Waals surface area contributed by atoms with Crippen molar-refractivity contribution in [3.05, 3.63) is 10.4 Å². The molecule has 1 aromatic heterocycles. The number of hydrogen-bond acceptors (Lipinski definition) is 7. The van der Waals surface area contributed by atoms with E-state index in [1.54, 1.807) is 0 Å². The van der Waals surface area contributed by atoms with Crippen molar-refractivity contribution in [1.82, 2.24) is 4.90 Å². The van der Waals surface area contributed by atoms with Gasteiger partial charge in [0.2, 0.25) is 0 Å². The van der Waals surface area contributed by atoms with Gasteiger partial charge in [0.25, 0.3) is 0 Å². The third-order valence-corrected chi connectivity index (χ3v) is 4.27. The molecule has 1 unspecified atom stereocenters. The molecule has 0 radical (unpaired) electrons. The number of thiophene rings is 1. The SMILES string of the molecule is COC(=O)c1sc(NC2CCN(C)C2)c(C#N)c1N. The number of carbonyl (C=O) groups excluding carboxylic acids is 1. The number of nitrogen functional groups attached to an aromatic ring is 1. The normalized spacial score (nSPS) is 19.1. The number of likely N-dealkylation sites (tertiary alicyclic amines) is 1. The molecule has 1 saturated heterocycles. The van der Waals surface area contributed by atoms with Crippen LogP contribution in [-0.2, 0) is 4.74 Å². The highest BCUT2D eigenvalue weighted by atomic mass is 32.1. The molecule has 0 amide bonds. The van der Waals surface area contributed by atoms with Crippen molar-refractivity contribution in [2.24, 2.45) is 0 Å². The van der Waals surface area contributed by atoms with Crippen LogP contribution < -0.4 is 11.1 Å². The van der Waals surface area contributed by atoms with Crippen LogP contribution in [0.15, 0.2) is 0 Å². The van der Waals surface area contributed by atoms with Crippen LogP contribution in [0.1, 0.15) is 21.7 Å². The summed E-state index contributed by atoms with van der Waals surface area (Å²) in [6.45, 7) is 1.93. The second kappa shape index (κ2) is 5.47. The van der Waals surface area contributed by atoms with Crippen LogP contribution in [0.3, 0.4) is 0 Å². The number of nitrogens with zero attached hydrogens (tertiary/aromatic N) is 2. The van der Waals surface area contributed by atoms with Gasteiger partial charge in [-0.1, -0.05) is 0 Å². The number of carbonyl (C=O) groups is 1. The maximum absolute atomic E-state index is 11.6. The summed E-state index contributed by atoms with van der Waals surface area (Å²) in [7, 11) is 3.35. The molecular formula is C12H16N4O2S. The molecule has 1 aromatic rings. The van der Waals surface area contributed by atoms with Crippen LogP contribution in [0.2, 0.25) is 0 Å². The number of methoxy groups -OCH3 is 1. The molecule has 0 spiro atoms. The van der Waals surface area contributed by atoms with Gasteiger partial charge in [-0.3, -0.25) is 0 Å². The van der Waals surface area contributed by atoms with E-state index in [2.05, 4.69) is 22.0 Å². The molecule has 2 rings (SSSR count). The molecule has 0 saturated carbocycles. The Morgan fingerprint density at radius 3 is 2.95 bits per heavy atom. The average molecular weight is 280 g/mol. The molecule has 1 aliphatic rings. The van der Waals surface area contributed by atoms with E-state index in [1.165, 1.54) is 18.4 Å². The lowest BCUT2D eigenvalue weighted by molar-refractivity contribution is 0.0607. The molecule has 3 N–H and O–H groups in total. The zero-order valence-electron chi connectivity index (χ0n) is 10.9. The fourth-order valence-electron chi connectivity index (χ4n) is 2.14. The number of nitrogens with one attached hydrogen (secondary N) is 1. The third kappa shape index (κ3) is 2.64. The topological polar surface area (TPSA) is 91.4 Å². The standard InChI is InChI=1S/C12H16N4O2S/c1-16-4-3-7(6-16)15-11-8(5-13)9(14)10(19-11)12(17)18-2/h7,15H,3-4,6,14H2,1-2H3. The summed E-state index contributed by atoms with van der Waals surface area (Å²) in [5.74, 6) is -0.504. The molecule has 0 aromatic carbocycles. The Balaban J connectivity index is 2.25. The molecular weight excluding hydrogens is 264 g/mol. The number of nitriles is 1. The average Bonchev–Trinajstić information content (AvgIpc) is 2.93. The van der Waals surface area contributed by atoms with Gasteiger partial charge < -0.3 is 20.7 Å². The molecule has 0 aliphatic carbocycles. The Labute approximate surface area is 115 Å². The van der Waals surface area contributed by atoms with Gasteiger partial charge in [-0.2, -0.15) is 5.26 Å². The monoisotopic (exact) mass is 280 g/mol. The minimum atomic E-state index is -0.504. The van der Waals surface area contributed by atoms with E-state index in [0.717, 1.165) is 19.5 Å². The van der Waals surface area contributed by atoms with Gasteiger partial charge in [0, 0.05) is 12.6 Å². The van der Waals surface area contributed by atoms with Crippen LogP contribution in [-0.4, -0.2) is 44.2 Å². The molecule has 102 valence electrons. The highest BCUT2D eigenvalue weighted by molar-refractivity contribution is 7.18. The first kappa shape index (κ1) is 13.6. The van der Waals surface area contributed by atoms with Crippen LogP contribution >= 0.6 is 11.3 Å². The summed E-state index contributed by atoms with van der Waals surface area (Å²) in [5, 5.41) is 13.1. The lowest BCUT2D eigenvalue weighted by Gasteiger charge is -2.12. The Morgan fingerprint density at radius 2 is 2.42 bits per heavy atom. The highest BCUT2D eigenvalue weighted by Gasteiger charge is 2.25. The van der Waals surface area contributed by atoms with Crippen molar-refractivity contribution in [2.75, 3.05) is 38.3 Å². The van der Waals surface area contributed by atoms with Gasteiger partial charge in [-0.05, 0) is 20.0 Å². The van der Waals surface area contributed by atoms with Crippen LogP contribution in [0.5, 0.6) is 0 Å². The van der Waals surface area contributed by atoms with Gasteiger partial charge in [0.05, 0.1) is 12.8 Å². The fraction of sp³-hybridized carbons (Fsp3) is 0.500. The first-order chi connectivity index (χ1) is 9.06. The number of rotatable bonds is 3. The van der Waals surface area contributed by atoms with E-state index in [9.17, 15) is 4.79 Å². The second-order valence-corrected chi connectivity index (χ2v) is 5.57. The Morgan fingerprint density at radius 1 is 1.68 bits per heavy atom. The van der Waals surface area contributed by atoms with Gasteiger partial charge >= 0.3 is 5.97 Å². The lowest BCUT2D eigenvalue weighted by Crippen LogP contribution is -2.23. The summed E-state index contributed by atoms with van der Waals surface area (Å²) in [5.41, 5.74) is 6.36. The molecule has 19 heavy (non-hydrogen) atoms. The van der Waals surface area contributed by atoms with E-state index >= 15 is 0 Å². The number of anilines is 2. The molecule has 1 atom stereocenters. The maximum Gasteiger partial charge on any atom is 0.350 e. The number of hydrogen-bond donors (Lipinski definition) is 2. The summed E-state index contributed by atoms with van der Waals surface area (Å²) in [4.78, 5) is 14.1. The number of likely N-dealkylation sites (N-methyl/N-ethyl adjacent to an activating group) is 1. The van der Waals surface area contributed by atoms with E-state index in [1.807, 2.05) is 6.07 Å². The Hall–Kier alpha value is -1.78. The van der Waals surface area contributed by atoms with E-state index in [0.29, 0.717) is 10.6 Å². The molecule has 1 aliphatic heterocycles. The number of esters is 1. The van der Waals surface area contributed by atoms with Gasteiger partial charge in [0.1, 0.15) is 21.5 Å². The Bertz CT molecular complexity index is 535. The van der Waals surface area contributed by atoms with Crippen LogP contribution in [0, 0.1) is 11.3 Å². The van der Waals surface area contributed by atoms with E-state index in [-0.39, 0.29) is 16.6 Å². The van der Waals surface area contributed by atoms with Crippen molar-refractivity contribution in [3.8, 4) is 6.07 Å². The minimum absolute atomic E-state index is 0.202. The first-order valence-corrected chi connectivity index (χ1v) is 6.74. The van der Waals surface area contributed by atoms with Crippen LogP contribution in [0.4, 0.5) is 10.7 Å². The van der Waals surface area contributed by atoms with Crippen molar-refractivity contribution < 1.29 is 9.53 Å². The van der Waals surface area contributed by atoms with Crippen molar-refractivity contribution in [3.63, 3.8) is 0 Å². The number of ether oxygens (including phenoxy) is 1. The van der Waals surface area contributed by atoms with E-state index in [4.69, 9.17) is 11.0 Å². The minimum Gasteiger partial charge on any atom is -0.465 e. The van der Waals surface area contributed by atoms with Gasteiger partial charge in [-0.15, -0.1) is 11.3 Å². The zero-order valence-corrected chi connectivity index (χ0v) is 11.7. The number of nitrogens with two attached hydrogens (primary N) is 1. The smallest absolute Gasteiger partial charge is 0.350 e. The largest absolute Gasteiger partial charge is 0.465 e. The summed E-state index contributed by atoms with van der Waals surface area (Å²) in [6.07, 6.45) is 1.01. The predicted octanol–water partition coefficient (Wildman–Crippen LogP) is 1.10. The van der Waals surface area contributed by atoms with E-state index < -0.39 is 5.97 Å². The maximum atomic E-state index is 11.6. The summed E-state index contributed by atoms with van der Waals surface area (Å²) in [6, 6.07) is 2.33. The predicted molar refractivity (Wildman–Crippen MR) is 74.3 cm³/mol. The lowest BCUT2D eigenvalue weighted by atomic mass is 10.2. The molecule has 1 fully saturated rings. The summed E-state index contributed by atoms with van der Waals surface area (Å²) < 4.78 is 4.66. The molecule has 2 heterocycles. The molecule has 0 bridgehead atoms. The van der Waals surface area contributed by atoms with Gasteiger partial charge in [0.15, 0.2) is 0 Å². The van der Waals surface area contributed by atoms with Gasteiger partial charge in [-0.25, -0.2) is 4.79 Å². The first-order valence-electron chi connectivity index (χ1n) is 5.92. The van der Waals surface area contributed by atoms with Crippen molar-refractivity contribution in [2.45, 2.75) is 12.5 Å². The summed E-state index contributed by atoms with van der Waals surface area (Å²) >= 11 is 1.18. The molecule has 6 nitrogen and oxygen atoms in total.